The normalized spacial score (nSPS) is 24.2. The summed E-state index contributed by atoms with van der Waals surface area (Å²) in [4.78, 5) is 4.38. The van der Waals surface area contributed by atoms with E-state index in [-0.39, 0.29) is 6.04 Å². The van der Waals surface area contributed by atoms with Gasteiger partial charge in [0, 0.05) is 35.2 Å². The molecule has 0 aliphatic carbocycles. The maximum atomic E-state index is 10.5. The number of piperazine rings is 1. The van der Waals surface area contributed by atoms with Crippen molar-refractivity contribution in [3.63, 3.8) is 0 Å². The van der Waals surface area contributed by atoms with Gasteiger partial charge in [-0.1, -0.05) is 23.2 Å². The molecule has 2 atom stereocenters. The number of halogens is 2. The maximum absolute atomic E-state index is 10.5. The van der Waals surface area contributed by atoms with Crippen molar-refractivity contribution in [2.45, 2.75) is 12.1 Å². The van der Waals surface area contributed by atoms with E-state index in [9.17, 15) is 5.11 Å². The molecule has 2 rings (SSSR count). The van der Waals surface area contributed by atoms with Crippen molar-refractivity contribution in [2.75, 3.05) is 33.7 Å². The third kappa shape index (κ3) is 2.98. The topological polar surface area (TPSA) is 26.7 Å². The minimum Gasteiger partial charge on any atom is -0.387 e. The average molecular weight is 289 g/mol. The highest BCUT2D eigenvalue weighted by molar-refractivity contribution is 6.33. The first kappa shape index (κ1) is 14.1. The molecular formula is C13H18Cl2N2O. The Morgan fingerprint density at radius 2 is 2.00 bits per heavy atom. The van der Waals surface area contributed by atoms with Crippen LogP contribution in [0.2, 0.25) is 10.0 Å². The van der Waals surface area contributed by atoms with Crippen molar-refractivity contribution < 1.29 is 5.11 Å². The highest BCUT2D eigenvalue weighted by Gasteiger charge is 2.30. The number of likely N-dealkylation sites (N-methyl/N-ethyl adjacent to an activating group) is 2. The van der Waals surface area contributed by atoms with Crippen LogP contribution in [0.5, 0.6) is 0 Å². The van der Waals surface area contributed by atoms with Crippen LogP contribution in [0.4, 0.5) is 0 Å². The second kappa shape index (κ2) is 5.76. The molecule has 0 bridgehead atoms. The Hall–Kier alpha value is -0.320. The van der Waals surface area contributed by atoms with Crippen molar-refractivity contribution in [3.05, 3.63) is 33.8 Å². The molecule has 2 unspecified atom stereocenters. The summed E-state index contributed by atoms with van der Waals surface area (Å²) in [5.41, 5.74) is 0.705. The van der Waals surface area contributed by atoms with Crippen LogP contribution < -0.4 is 0 Å². The molecule has 1 aromatic rings. The molecule has 1 aliphatic heterocycles. The van der Waals surface area contributed by atoms with Crippen molar-refractivity contribution in [3.8, 4) is 0 Å². The lowest BCUT2D eigenvalue weighted by atomic mass is 9.99. The number of rotatable bonds is 2. The van der Waals surface area contributed by atoms with Gasteiger partial charge in [0.2, 0.25) is 0 Å². The fourth-order valence-electron chi connectivity index (χ4n) is 2.33. The molecule has 1 fully saturated rings. The first-order chi connectivity index (χ1) is 8.49. The van der Waals surface area contributed by atoms with Crippen LogP contribution in [-0.4, -0.2) is 54.7 Å². The third-order valence-electron chi connectivity index (χ3n) is 3.54. The van der Waals surface area contributed by atoms with Gasteiger partial charge in [-0.2, -0.15) is 0 Å². The summed E-state index contributed by atoms with van der Waals surface area (Å²) in [6, 6.07) is 5.25. The first-order valence-electron chi connectivity index (χ1n) is 6.01. The summed E-state index contributed by atoms with van der Waals surface area (Å²) < 4.78 is 0. The highest BCUT2D eigenvalue weighted by Crippen LogP contribution is 2.30. The molecular weight excluding hydrogens is 271 g/mol. The van der Waals surface area contributed by atoms with Gasteiger partial charge < -0.3 is 10.0 Å². The van der Waals surface area contributed by atoms with Crippen LogP contribution in [0.15, 0.2) is 18.2 Å². The number of hydrogen-bond acceptors (Lipinski definition) is 3. The van der Waals surface area contributed by atoms with E-state index in [1.807, 2.05) is 7.05 Å². The summed E-state index contributed by atoms with van der Waals surface area (Å²) in [6.45, 7) is 2.78. The van der Waals surface area contributed by atoms with Crippen LogP contribution in [0.1, 0.15) is 11.7 Å². The Morgan fingerprint density at radius 1 is 1.28 bits per heavy atom. The standard InChI is InChI=1S/C13H18Cl2N2O/c1-16-5-6-17(2)12(8-16)13(18)10-7-9(14)3-4-11(10)15/h3-4,7,12-13,18H,5-6,8H2,1-2H3. The number of aliphatic hydroxyl groups excluding tert-OH is 1. The van der Waals surface area contributed by atoms with Crippen LogP contribution in [0.3, 0.4) is 0 Å². The van der Waals surface area contributed by atoms with Crippen LogP contribution >= 0.6 is 23.2 Å². The zero-order valence-corrected chi connectivity index (χ0v) is 12.1. The minimum absolute atomic E-state index is 0.0414. The van der Waals surface area contributed by atoms with Crippen molar-refractivity contribution in [1.29, 1.82) is 0 Å². The summed E-state index contributed by atoms with van der Waals surface area (Å²) in [7, 11) is 4.09. The Balaban J connectivity index is 2.23. The van der Waals surface area contributed by atoms with Gasteiger partial charge in [-0.05, 0) is 32.3 Å². The third-order valence-corrected chi connectivity index (χ3v) is 4.12. The monoisotopic (exact) mass is 288 g/mol. The van der Waals surface area contributed by atoms with Gasteiger partial charge in [-0.15, -0.1) is 0 Å². The van der Waals surface area contributed by atoms with E-state index in [1.165, 1.54) is 0 Å². The van der Waals surface area contributed by atoms with Crippen LogP contribution in [0, 0.1) is 0 Å². The zero-order valence-electron chi connectivity index (χ0n) is 10.6. The molecule has 1 saturated heterocycles. The number of nitrogens with zero attached hydrogens (tertiary/aromatic N) is 2. The average Bonchev–Trinajstić information content (AvgIpc) is 2.34. The largest absolute Gasteiger partial charge is 0.387 e. The molecule has 0 spiro atoms. The number of hydrogen-bond donors (Lipinski definition) is 1. The molecule has 0 saturated carbocycles. The van der Waals surface area contributed by atoms with Gasteiger partial charge in [-0.25, -0.2) is 0 Å². The summed E-state index contributed by atoms with van der Waals surface area (Å²) in [5, 5.41) is 11.7. The maximum Gasteiger partial charge on any atom is 0.0972 e. The first-order valence-corrected chi connectivity index (χ1v) is 6.76. The molecule has 3 nitrogen and oxygen atoms in total. The molecule has 0 radical (unpaired) electrons. The van der Waals surface area contributed by atoms with Gasteiger partial charge in [0.25, 0.3) is 0 Å². The predicted octanol–water partition coefficient (Wildman–Crippen LogP) is 2.27. The summed E-state index contributed by atoms with van der Waals surface area (Å²) in [5.74, 6) is 0. The van der Waals surface area contributed by atoms with Crippen molar-refractivity contribution in [2.24, 2.45) is 0 Å². The molecule has 5 heteroatoms. The van der Waals surface area contributed by atoms with Gasteiger partial charge in [0.15, 0.2) is 0 Å². The number of aliphatic hydroxyl groups is 1. The molecule has 1 aliphatic rings. The molecule has 1 aromatic carbocycles. The quantitative estimate of drug-likeness (QED) is 0.905. The van der Waals surface area contributed by atoms with Crippen LogP contribution in [0.25, 0.3) is 0 Å². The predicted molar refractivity (Wildman–Crippen MR) is 75.3 cm³/mol. The zero-order chi connectivity index (χ0) is 13.3. The highest BCUT2D eigenvalue weighted by atomic mass is 35.5. The molecule has 0 aromatic heterocycles. The van der Waals surface area contributed by atoms with E-state index in [2.05, 4.69) is 16.8 Å². The fourth-order valence-corrected chi connectivity index (χ4v) is 2.74. The van der Waals surface area contributed by atoms with E-state index in [4.69, 9.17) is 23.2 Å². The molecule has 100 valence electrons. The second-order valence-corrected chi connectivity index (χ2v) is 5.76. The van der Waals surface area contributed by atoms with Gasteiger partial charge in [-0.3, -0.25) is 4.90 Å². The Labute approximate surface area is 118 Å². The second-order valence-electron chi connectivity index (χ2n) is 4.92. The van der Waals surface area contributed by atoms with E-state index < -0.39 is 6.10 Å². The molecule has 1 N–H and O–H groups in total. The summed E-state index contributed by atoms with van der Waals surface area (Å²) in [6.07, 6.45) is -0.621. The lowest BCUT2D eigenvalue weighted by Crippen LogP contribution is -2.52. The lowest BCUT2D eigenvalue weighted by molar-refractivity contribution is 0.0139. The van der Waals surface area contributed by atoms with Gasteiger partial charge in [0.1, 0.15) is 0 Å². The van der Waals surface area contributed by atoms with Gasteiger partial charge >= 0.3 is 0 Å². The smallest absolute Gasteiger partial charge is 0.0972 e. The van der Waals surface area contributed by atoms with E-state index in [0.717, 1.165) is 19.6 Å². The van der Waals surface area contributed by atoms with Crippen molar-refractivity contribution >= 4 is 23.2 Å². The van der Waals surface area contributed by atoms with Crippen molar-refractivity contribution in [1.82, 2.24) is 9.80 Å². The Bertz CT molecular complexity index is 427. The van der Waals surface area contributed by atoms with E-state index in [1.54, 1.807) is 18.2 Å². The van der Waals surface area contributed by atoms with Crippen LogP contribution in [-0.2, 0) is 0 Å². The van der Waals surface area contributed by atoms with E-state index >= 15 is 0 Å². The SMILES string of the molecule is CN1CCN(C)C(C(O)c2cc(Cl)ccc2Cl)C1. The Kier molecular flexibility index (Phi) is 4.51. The fraction of sp³-hybridized carbons (Fsp3) is 0.538. The summed E-state index contributed by atoms with van der Waals surface area (Å²) >= 11 is 12.1. The van der Waals surface area contributed by atoms with E-state index in [0.29, 0.717) is 15.6 Å². The number of benzene rings is 1. The molecule has 0 amide bonds. The van der Waals surface area contributed by atoms with Gasteiger partial charge in [0.05, 0.1) is 12.1 Å². The minimum atomic E-state index is -0.621. The molecule has 18 heavy (non-hydrogen) atoms. The molecule has 1 heterocycles. The lowest BCUT2D eigenvalue weighted by Gasteiger charge is -2.40. The Morgan fingerprint density at radius 3 is 2.72 bits per heavy atom.